The second-order valence-electron chi connectivity index (χ2n) is 6.09. The number of hydrogen-bond donors (Lipinski definition) is 1. The number of carbonyl (C=O) groups is 2. The van der Waals surface area contributed by atoms with Gasteiger partial charge in [0.2, 0.25) is 5.91 Å². The third kappa shape index (κ3) is 5.25. The van der Waals surface area contributed by atoms with Crippen molar-refractivity contribution in [2.24, 2.45) is 0 Å². The van der Waals surface area contributed by atoms with Crippen LogP contribution >= 0.6 is 11.3 Å². The van der Waals surface area contributed by atoms with E-state index in [1.54, 1.807) is 31.2 Å². The van der Waals surface area contributed by atoms with E-state index in [9.17, 15) is 14.4 Å². The molecule has 0 unspecified atom stereocenters. The molecule has 0 saturated carbocycles. The Kier molecular flexibility index (Phi) is 6.98. The molecule has 0 aliphatic heterocycles. The Balaban J connectivity index is 1.79. The number of ether oxygens (including phenoxy) is 3. The average molecular weight is 444 g/mol. The molecule has 0 fully saturated rings. The molecule has 3 aromatic rings. The van der Waals surface area contributed by atoms with Crippen LogP contribution in [0.1, 0.15) is 17.4 Å². The molecular weight excluding hydrogens is 424 g/mol. The number of methoxy groups -OCH3 is 2. The Hall–Kier alpha value is -3.73. The molecule has 0 spiro atoms. The van der Waals surface area contributed by atoms with Gasteiger partial charge < -0.3 is 19.5 Å². The van der Waals surface area contributed by atoms with Gasteiger partial charge in [0.15, 0.2) is 10.8 Å². The second-order valence-corrected chi connectivity index (χ2v) is 6.95. The number of esters is 1. The number of amides is 1. The van der Waals surface area contributed by atoms with Crippen LogP contribution in [-0.4, -0.2) is 47.5 Å². The van der Waals surface area contributed by atoms with Gasteiger partial charge in [0.05, 0.1) is 26.5 Å². The molecule has 0 aliphatic carbocycles. The number of nitrogens with one attached hydrogen (secondary N) is 1. The molecule has 0 radical (unpaired) electrons. The summed E-state index contributed by atoms with van der Waals surface area (Å²) >= 11 is 1.07. The van der Waals surface area contributed by atoms with Crippen molar-refractivity contribution in [3.8, 4) is 22.8 Å². The Morgan fingerprint density at radius 1 is 1.16 bits per heavy atom. The van der Waals surface area contributed by atoms with Crippen LogP contribution in [0.3, 0.4) is 0 Å². The van der Waals surface area contributed by atoms with Gasteiger partial charge in [0.1, 0.15) is 18.0 Å². The maximum atomic E-state index is 12.4. The molecule has 0 saturated heterocycles. The monoisotopic (exact) mass is 444 g/mol. The maximum absolute atomic E-state index is 12.4. The van der Waals surface area contributed by atoms with Crippen molar-refractivity contribution in [1.82, 2.24) is 14.8 Å². The second kappa shape index (κ2) is 9.85. The summed E-state index contributed by atoms with van der Waals surface area (Å²) in [5, 5.41) is 8.53. The number of benzene rings is 1. The van der Waals surface area contributed by atoms with Gasteiger partial charge in [-0.25, -0.2) is 14.5 Å². The number of thiazole rings is 1. The van der Waals surface area contributed by atoms with Gasteiger partial charge in [-0.05, 0) is 31.2 Å². The zero-order valence-corrected chi connectivity index (χ0v) is 17.9. The summed E-state index contributed by atoms with van der Waals surface area (Å²) < 4.78 is 16.5. The average Bonchev–Trinajstić information content (AvgIpc) is 3.23. The van der Waals surface area contributed by atoms with Crippen molar-refractivity contribution in [2.45, 2.75) is 13.5 Å². The zero-order valence-electron chi connectivity index (χ0n) is 17.1. The highest BCUT2D eigenvalue weighted by Gasteiger charge is 2.15. The van der Waals surface area contributed by atoms with Gasteiger partial charge in [-0.15, -0.1) is 11.3 Å². The molecule has 10 nitrogen and oxygen atoms in total. The maximum Gasteiger partial charge on any atom is 0.357 e. The minimum atomic E-state index is -0.572. The van der Waals surface area contributed by atoms with E-state index in [2.05, 4.69) is 15.4 Å². The minimum absolute atomic E-state index is 0.101. The highest BCUT2D eigenvalue weighted by atomic mass is 32.1. The molecule has 0 bridgehead atoms. The fraction of sp³-hybridized carbons (Fsp3) is 0.250. The molecule has 1 N–H and O–H groups in total. The zero-order chi connectivity index (χ0) is 22.4. The van der Waals surface area contributed by atoms with Crippen LogP contribution < -0.4 is 20.3 Å². The van der Waals surface area contributed by atoms with Crippen LogP contribution in [0.2, 0.25) is 0 Å². The van der Waals surface area contributed by atoms with E-state index >= 15 is 0 Å². The van der Waals surface area contributed by atoms with E-state index in [1.165, 1.54) is 25.7 Å². The normalized spacial score (nSPS) is 10.4. The van der Waals surface area contributed by atoms with Crippen molar-refractivity contribution < 1.29 is 23.8 Å². The van der Waals surface area contributed by atoms with Gasteiger partial charge in [-0.3, -0.25) is 9.59 Å². The van der Waals surface area contributed by atoms with E-state index in [4.69, 9.17) is 14.2 Å². The first-order valence-electron chi connectivity index (χ1n) is 9.18. The van der Waals surface area contributed by atoms with Crippen LogP contribution in [0.15, 0.2) is 40.5 Å². The first-order valence-corrected chi connectivity index (χ1v) is 10.1. The summed E-state index contributed by atoms with van der Waals surface area (Å²) in [5.41, 5.74) is 0.689. The lowest BCUT2D eigenvalue weighted by Gasteiger charge is -2.11. The summed E-state index contributed by atoms with van der Waals surface area (Å²) in [6, 6.07) is 8.05. The highest BCUT2D eigenvalue weighted by Crippen LogP contribution is 2.31. The van der Waals surface area contributed by atoms with Crippen molar-refractivity contribution in [1.29, 1.82) is 0 Å². The number of nitrogens with zero attached hydrogens (tertiary/aromatic N) is 3. The van der Waals surface area contributed by atoms with Crippen LogP contribution in [0.25, 0.3) is 11.3 Å². The quantitative estimate of drug-likeness (QED) is 0.525. The van der Waals surface area contributed by atoms with Crippen molar-refractivity contribution in [2.75, 3.05) is 26.1 Å². The fourth-order valence-corrected chi connectivity index (χ4v) is 3.34. The Labute approximate surface area is 181 Å². The van der Waals surface area contributed by atoms with E-state index < -0.39 is 17.4 Å². The Bertz CT molecular complexity index is 1160. The van der Waals surface area contributed by atoms with E-state index in [0.717, 1.165) is 16.0 Å². The summed E-state index contributed by atoms with van der Waals surface area (Å²) in [4.78, 5) is 40.3. The van der Waals surface area contributed by atoms with Gasteiger partial charge in [-0.1, -0.05) is 0 Å². The summed E-state index contributed by atoms with van der Waals surface area (Å²) in [6.07, 6.45) is 0. The molecule has 1 amide bonds. The van der Waals surface area contributed by atoms with Gasteiger partial charge in [0.25, 0.3) is 5.56 Å². The highest BCUT2D eigenvalue weighted by molar-refractivity contribution is 7.14. The number of anilines is 1. The van der Waals surface area contributed by atoms with Crippen molar-refractivity contribution >= 4 is 28.3 Å². The standard InChI is InChI=1S/C20H20N4O6S/c1-4-30-19(27)15-11-31-20(21-15)22-17(25)10-24-18(26)8-6-14(23-24)13-9-12(28-2)5-7-16(13)29-3/h5-9,11H,4,10H2,1-3H3,(H,21,22,25). The lowest BCUT2D eigenvalue weighted by atomic mass is 10.1. The lowest BCUT2D eigenvalue weighted by molar-refractivity contribution is -0.117. The number of rotatable bonds is 8. The van der Waals surface area contributed by atoms with Crippen LogP contribution in [0, 0.1) is 0 Å². The topological polar surface area (TPSA) is 122 Å². The van der Waals surface area contributed by atoms with E-state index in [0.29, 0.717) is 22.8 Å². The van der Waals surface area contributed by atoms with Gasteiger partial charge in [-0.2, -0.15) is 5.10 Å². The number of carbonyl (C=O) groups excluding carboxylic acids is 2. The number of hydrogen-bond acceptors (Lipinski definition) is 9. The van der Waals surface area contributed by atoms with Gasteiger partial charge in [0, 0.05) is 17.0 Å². The van der Waals surface area contributed by atoms with Crippen molar-refractivity contribution in [3.05, 3.63) is 51.8 Å². The molecule has 2 aromatic heterocycles. The minimum Gasteiger partial charge on any atom is -0.497 e. The predicted octanol–water partition coefficient (Wildman–Crippen LogP) is 2.20. The first-order chi connectivity index (χ1) is 14.9. The Morgan fingerprint density at radius 2 is 1.97 bits per heavy atom. The molecule has 3 rings (SSSR count). The van der Waals surface area contributed by atoms with E-state index in [-0.39, 0.29) is 24.0 Å². The predicted molar refractivity (Wildman–Crippen MR) is 114 cm³/mol. The van der Waals surface area contributed by atoms with Gasteiger partial charge >= 0.3 is 5.97 Å². The molecule has 31 heavy (non-hydrogen) atoms. The summed E-state index contributed by atoms with van der Waals surface area (Å²) in [7, 11) is 3.06. The Morgan fingerprint density at radius 3 is 2.68 bits per heavy atom. The molecule has 1 aromatic carbocycles. The van der Waals surface area contributed by atoms with Crippen LogP contribution in [0.4, 0.5) is 5.13 Å². The SMILES string of the molecule is CCOC(=O)c1csc(NC(=O)Cn2nc(-c3cc(OC)ccc3OC)ccc2=O)n1. The lowest BCUT2D eigenvalue weighted by Crippen LogP contribution is -2.29. The fourth-order valence-electron chi connectivity index (χ4n) is 2.64. The molecule has 11 heteroatoms. The largest absolute Gasteiger partial charge is 0.497 e. The smallest absolute Gasteiger partial charge is 0.357 e. The molecule has 0 atom stereocenters. The molecule has 0 aliphatic rings. The molecular formula is C20H20N4O6S. The molecule has 2 heterocycles. The summed E-state index contributed by atoms with van der Waals surface area (Å²) in [5.74, 6) is 0.0395. The third-order valence-electron chi connectivity index (χ3n) is 4.08. The first kappa shape index (κ1) is 22.0. The van der Waals surface area contributed by atoms with Crippen LogP contribution in [-0.2, 0) is 16.1 Å². The summed E-state index contributed by atoms with van der Waals surface area (Å²) in [6.45, 7) is 1.57. The number of aromatic nitrogens is 3. The van der Waals surface area contributed by atoms with E-state index in [1.807, 2.05) is 0 Å². The van der Waals surface area contributed by atoms with Crippen LogP contribution in [0.5, 0.6) is 11.5 Å². The van der Waals surface area contributed by atoms with Crippen molar-refractivity contribution in [3.63, 3.8) is 0 Å². The third-order valence-corrected chi connectivity index (χ3v) is 4.84. The molecule has 162 valence electrons.